The minimum absolute atomic E-state index is 0.0385. The Balaban J connectivity index is 1.32. The number of para-hydroxylation sites is 1. The van der Waals surface area contributed by atoms with Crippen LogP contribution in [0.1, 0.15) is 68.3 Å². The summed E-state index contributed by atoms with van der Waals surface area (Å²) in [6.07, 6.45) is 5.75. The van der Waals surface area contributed by atoms with Gasteiger partial charge in [0.05, 0.1) is 18.8 Å². The number of aliphatic hydroxyl groups excluding tert-OH is 1. The van der Waals surface area contributed by atoms with Gasteiger partial charge in [-0.25, -0.2) is 5.48 Å². The lowest BCUT2D eigenvalue weighted by Gasteiger charge is -2.63. The predicted octanol–water partition coefficient (Wildman–Crippen LogP) is 2.74. The highest BCUT2D eigenvalue weighted by atomic mass is 16.5. The molecule has 3 fully saturated rings. The Morgan fingerprint density at radius 2 is 1.85 bits per heavy atom. The van der Waals surface area contributed by atoms with E-state index in [0.717, 1.165) is 52.1 Å². The minimum Gasteiger partial charge on any atom is -0.468 e. The van der Waals surface area contributed by atoms with Crippen molar-refractivity contribution in [2.45, 2.75) is 92.6 Å². The molecule has 6 heterocycles. The molecule has 3 aromatic rings. The highest BCUT2D eigenvalue weighted by Crippen LogP contribution is 2.67. The van der Waals surface area contributed by atoms with E-state index in [1.807, 2.05) is 68.3 Å². The van der Waals surface area contributed by atoms with Crippen LogP contribution < -0.4 is 10.4 Å². The van der Waals surface area contributed by atoms with E-state index in [0.29, 0.717) is 58.2 Å². The molecule has 54 heavy (non-hydrogen) atoms. The standard InChI is InChI=1S/C42H53N5O7/c1-5-38(51)21-25-22-41(37(50)54-4,32-28(14-18-46(23-25)24-38)27-10-7-8-11-30(27)43-32)26-12-13-31-29(20-26)40-16-19-47-17-9-15-39(6-2,33(40)47)35(48)42(52,36(49)44-53)34(40)45(31)3/h7-13,15,20,25,33-35,43,48,51-53H,5-6,14,16-19,21-24H2,1-4H3,(H,44,49)/t25-,33?,34?,35-,38?,39-,40-,41+,42+/m1/s1. The van der Waals surface area contributed by atoms with Crippen molar-refractivity contribution in [2.24, 2.45) is 11.3 Å². The summed E-state index contributed by atoms with van der Waals surface area (Å²) in [5.74, 6) is -1.47. The fourth-order valence-corrected chi connectivity index (χ4v) is 12.9. The highest BCUT2D eigenvalue weighted by molar-refractivity contribution is 5.94. The van der Waals surface area contributed by atoms with Gasteiger partial charge in [-0.2, -0.15) is 0 Å². The zero-order valence-corrected chi connectivity index (χ0v) is 31.6. The molecule has 1 spiro atoms. The van der Waals surface area contributed by atoms with Crippen molar-refractivity contribution in [2.75, 3.05) is 51.8 Å². The first kappa shape index (κ1) is 35.9. The van der Waals surface area contributed by atoms with Gasteiger partial charge < -0.3 is 29.9 Å². The molecular weight excluding hydrogens is 686 g/mol. The van der Waals surface area contributed by atoms with E-state index in [1.165, 1.54) is 7.11 Å². The topological polar surface area (TPSA) is 162 Å². The number of hydrogen-bond acceptors (Lipinski definition) is 10. The van der Waals surface area contributed by atoms with Crippen LogP contribution in [0.15, 0.2) is 54.6 Å². The van der Waals surface area contributed by atoms with Crippen LogP contribution in [0.5, 0.6) is 0 Å². The third kappa shape index (κ3) is 4.35. The molecule has 2 saturated heterocycles. The zero-order chi connectivity index (χ0) is 38.0. The lowest BCUT2D eigenvalue weighted by atomic mass is 9.47. The van der Waals surface area contributed by atoms with E-state index < -0.39 is 45.5 Å². The molecule has 1 amide bonds. The number of aromatic amines is 1. The number of fused-ring (bicyclic) bond motifs is 6. The van der Waals surface area contributed by atoms with E-state index in [2.05, 4.69) is 26.9 Å². The SMILES string of the molecule is CCC1(O)C[C@H]2C[N@](CCc3c([nH]c4ccccc34)[C@@](C(=O)OC)(c3ccc4c(c3)[C@]35CCN6CC=C[C@](CC)(C63)[C@@H](O)[C@](O)(C(=O)NO)C5N4C)C2)C1. The number of anilines is 1. The van der Waals surface area contributed by atoms with Crippen molar-refractivity contribution >= 4 is 28.5 Å². The summed E-state index contributed by atoms with van der Waals surface area (Å²) >= 11 is 0. The van der Waals surface area contributed by atoms with Gasteiger partial charge >= 0.3 is 5.97 Å². The number of hydroxylamine groups is 1. The fraction of sp³-hybridized carbons (Fsp3) is 0.571. The lowest BCUT2D eigenvalue weighted by molar-refractivity contribution is -0.208. The fourth-order valence-electron chi connectivity index (χ4n) is 12.9. The Morgan fingerprint density at radius 3 is 2.59 bits per heavy atom. The Morgan fingerprint density at radius 1 is 1.06 bits per heavy atom. The number of aromatic nitrogens is 1. The van der Waals surface area contributed by atoms with Gasteiger partial charge in [0, 0.05) is 72.4 Å². The number of carbonyl (C=O) groups is 2. The van der Waals surface area contributed by atoms with E-state index in [9.17, 15) is 25.3 Å². The quantitative estimate of drug-likeness (QED) is 0.0994. The second-order valence-electron chi connectivity index (χ2n) is 17.2. The van der Waals surface area contributed by atoms with Gasteiger partial charge in [-0.3, -0.25) is 24.6 Å². The average molecular weight is 740 g/mol. The second-order valence-corrected chi connectivity index (χ2v) is 17.2. The Bertz CT molecular complexity index is 2070. The van der Waals surface area contributed by atoms with Crippen LogP contribution >= 0.6 is 0 Å². The van der Waals surface area contributed by atoms with Crippen molar-refractivity contribution in [3.8, 4) is 0 Å². The van der Waals surface area contributed by atoms with Crippen molar-refractivity contribution in [1.82, 2.24) is 20.3 Å². The van der Waals surface area contributed by atoms with Crippen LogP contribution in [0.4, 0.5) is 5.69 Å². The number of nitrogens with zero attached hydrogens (tertiary/aromatic N) is 3. The Kier molecular flexibility index (Phi) is 8.05. The summed E-state index contributed by atoms with van der Waals surface area (Å²) in [6, 6.07) is 13.1. The van der Waals surface area contributed by atoms with Gasteiger partial charge in [0.15, 0.2) is 5.60 Å². The number of methoxy groups -OCH3 is 1. The van der Waals surface area contributed by atoms with Crippen molar-refractivity contribution in [3.63, 3.8) is 0 Å². The van der Waals surface area contributed by atoms with Gasteiger partial charge in [-0.1, -0.05) is 56.3 Å². The molecule has 5 aliphatic heterocycles. The number of H-pyrrole nitrogens is 1. The van der Waals surface area contributed by atoms with E-state index in [4.69, 9.17) is 4.74 Å². The molecule has 10 atom stereocenters. The van der Waals surface area contributed by atoms with Crippen molar-refractivity contribution < 1.29 is 34.9 Å². The maximum Gasteiger partial charge on any atom is 0.322 e. The third-order valence-corrected chi connectivity index (χ3v) is 15.0. The molecule has 288 valence electrons. The van der Waals surface area contributed by atoms with Crippen LogP contribution in [-0.4, -0.2) is 123 Å². The molecule has 3 unspecified atom stereocenters. The zero-order valence-electron chi connectivity index (χ0n) is 31.6. The predicted molar refractivity (Wildman–Crippen MR) is 202 cm³/mol. The third-order valence-electron chi connectivity index (χ3n) is 15.0. The Hall–Kier alpha value is -3.78. The number of ether oxygens (including phenoxy) is 1. The summed E-state index contributed by atoms with van der Waals surface area (Å²) in [5, 5.41) is 48.0. The molecule has 1 aliphatic carbocycles. The van der Waals surface area contributed by atoms with Crippen LogP contribution in [0.2, 0.25) is 0 Å². The number of amides is 1. The number of carbonyl (C=O) groups excluding carboxylic acids is 2. The van der Waals surface area contributed by atoms with Gasteiger partial charge in [0.2, 0.25) is 0 Å². The normalized spacial score (nSPS) is 39.5. The van der Waals surface area contributed by atoms with Crippen LogP contribution in [0.3, 0.4) is 0 Å². The molecule has 6 N–H and O–H groups in total. The van der Waals surface area contributed by atoms with Crippen LogP contribution in [0.25, 0.3) is 10.9 Å². The van der Waals surface area contributed by atoms with Gasteiger partial charge in [0.1, 0.15) is 11.5 Å². The summed E-state index contributed by atoms with van der Waals surface area (Å²) in [5.41, 5.74) is 0.525. The number of rotatable bonds is 5. The van der Waals surface area contributed by atoms with Crippen molar-refractivity contribution in [1.29, 1.82) is 0 Å². The highest BCUT2D eigenvalue weighted by Gasteiger charge is 2.78. The molecule has 1 saturated carbocycles. The first-order valence-corrected chi connectivity index (χ1v) is 19.7. The summed E-state index contributed by atoms with van der Waals surface area (Å²) in [4.78, 5) is 39.2. The molecular formula is C42H53N5O7. The second kappa shape index (κ2) is 12.1. The maximum atomic E-state index is 15.0. The molecule has 2 aromatic carbocycles. The number of aliphatic hydroxyl groups is 3. The Labute approximate surface area is 315 Å². The summed E-state index contributed by atoms with van der Waals surface area (Å²) < 4.78 is 5.86. The van der Waals surface area contributed by atoms with Gasteiger partial charge in [-0.05, 0) is 79.8 Å². The van der Waals surface area contributed by atoms with E-state index in [1.54, 1.807) is 5.48 Å². The molecule has 6 aliphatic rings. The van der Waals surface area contributed by atoms with Gasteiger partial charge in [-0.15, -0.1) is 0 Å². The van der Waals surface area contributed by atoms with Crippen molar-refractivity contribution in [3.05, 3.63) is 77.0 Å². The average Bonchev–Trinajstić information content (AvgIpc) is 3.85. The smallest absolute Gasteiger partial charge is 0.322 e. The van der Waals surface area contributed by atoms with Gasteiger partial charge in [0.25, 0.3) is 5.91 Å². The van der Waals surface area contributed by atoms with Crippen LogP contribution in [0, 0.1) is 11.3 Å². The number of esters is 1. The number of hydrogen-bond donors (Lipinski definition) is 6. The number of likely N-dealkylation sites (N-methyl/N-ethyl adjacent to an activating group) is 1. The largest absolute Gasteiger partial charge is 0.468 e. The first-order valence-electron chi connectivity index (χ1n) is 19.7. The summed E-state index contributed by atoms with van der Waals surface area (Å²) in [7, 11) is 3.29. The van der Waals surface area contributed by atoms with E-state index >= 15 is 4.79 Å². The number of benzene rings is 2. The molecule has 12 heteroatoms. The minimum atomic E-state index is -2.38. The van der Waals surface area contributed by atoms with E-state index in [-0.39, 0.29) is 17.9 Å². The molecule has 0 radical (unpaired) electrons. The lowest BCUT2D eigenvalue weighted by Crippen LogP contribution is -2.81. The number of piperidine rings is 1. The molecule has 12 nitrogen and oxygen atoms in total. The molecule has 1 aromatic heterocycles. The molecule has 2 bridgehead atoms. The maximum absolute atomic E-state index is 15.0. The summed E-state index contributed by atoms with van der Waals surface area (Å²) in [6.45, 7) is 7.41. The number of nitrogens with one attached hydrogen (secondary N) is 2. The first-order chi connectivity index (χ1) is 25.9. The van der Waals surface area contributed by atoms with Crippen LogP contribution in [-0.2, 0) is 31.6 Å². The molecule has 9 rings (SSSR count). The monoisotopic (exact) mass is 739 g/mol.